The maximum absolute atomic E-state index is 11.1. The molecule has 0 radical (unpaired) electrons. The van der Waals surface area contributed by atoms with Crippen molar-refractivity contribution in [2.45, 2.75) is 6.54 Å². The van der Waals surface area contributed by atoms with Crippen LogP contribution < -0.4 is 10.6 Å². The molecular weight excluding hydrogens is 214 g/mol. The second-order valence-electron chi connectivity index (χ2n) is 3.14. The standard InChI is InChI=1S/C8H15N5OS/c1-9-7(14)5-13(3)4-6-8(10-2)15-12-11-6/h10H,4-5H2,1-3H3,(H,9,14). The first-order valence-corrected chi connectivity index (χ1v) is 5.32. The first-order valence-electron chi connectivity index (χ1n) is 4.55. The highest BCUT2D eigenvalue weighted by Crippen LogP contribution is 2.17. The number of likely N-dealkylation sites (N-methyl/N-ethyl adjacent to an activating group) is 2. The molecule has 6 nitrogen and oxygen atoms in total. The van der Waals surface area contributed by atoms with Crippen molar-refractivity contribution in [1.82, 2.24) is 19.8 Å². The fourth-order valence-corrected chi connectivity index (χ4v) is 1.66. The van der Waals surface area contributed by atoms with Crippen molar-refractivity contribution < 1.29 is 4.79 Å². The van der Waals surface area contributed by atoms with Gasteiger partial charge in [-0.05, 0) is 7.05 Å². The molecule has 0 aliphatic rings. The maximum Gasteiger partial charge on any atom is 0.233 e. The van der Waals surface area contributed by atoms with E-state index in [1.54, 1.807) is 7.05 Å². The average molecular weight is 229 g/mol. The molecule has 0 aliphatic carbocycles. The second-order valence-corrected chi connectivity index (χ2v) is 3.90. The summed E-state index contributed by atoms with van der Waals surface area (Å²) in [4.78, 5) is 13.0. The van der Waals surface area contributed by atoms with Gasteiger partial charge in [0.25, 0.3) is 0 Å². The highest BCUT2D eigenvalue weighted by molar-refractivity contribution is 7.10. The van der Waals surface area contributed by atoms with Gasteiger partial charge in [0.15, 0.2) is 0 Å². The minimum atomic E-state index is -0.00769. The van der Waals surface area contributed by atoms with Crippen molar-refractivity contribution in [2.24, 2.45) is 0 Å². The zero-order chi connectivity index (χ0) is 11.3. The van der Waals surface area contributed by atoms with Crippen molar-refractivity contribution in [3.63, 3.8) is 0 Å². The summed E-state index contributed by atoms with van der Waals surface area (Å²) in [6.45, 7) is 0.970. The van der Waals surface area contributed by atoms with Crippen LogP contribution in [-0.2, 0) is 11.3 Å². The van der Waals surface area contributed by atoms with E-state index in [1.807, 2.05) is 19.0 Å². The third-order valence-corrected chi connectivity index (χ3v) is 2.68. The molecule has 0 atom stereocenters. The summed E-state index contributed by atoms with van der Waals surface area (Å²) >= 11 is 1.32. The van der Waals surface area contributed by atoms with Crippen molar-refractivity contribution in [3.05, 3.63) is 5.69 Å². The van der Waals surface area contributed by atoms with Gasteiger partial charge in [0.2, 0.25) is 5.91 Å². The van der Waals surface area contributed by atoms with Crippen LogP contribution in [0.15, 0.2) is 0 Å². The summed E-state index contributed by atoms with van der Waals surface area (Å²) in [5.74, 6) is -0.00769. The van der Waals surface area contributed by atoms with Crippen LogP contribution >= 0.6 is 11.5 Å². The fraction of sp³-hybridized carbons (Fsp3) is 0.625. The van der Waals surface area contributed by atoms with Crippen molar-refractivity contribution in [2.75, 3.05) is 33.0 Å². The third kappa shape index (κ3) is 3.45. The SMILES string of the molecule is CNC(=O)CN(C)Cc1nnsc1NC. The monoisotopic (exact) mass is 229 g/mol. The van der Waals surface area contributed by atoms with E-state index in [2.05, 4.69) is 20.2 Å². The molecule has 0 fully saturated rings. The lowest BCUT2D eigenvalue weighted by Gasteiger charge is -2.14. The molecule has 0 aliphatic heterocycles. The Kier molecular flexibility index (Phi) is 4.44. The number of carbonyl (C=O) groups is 1. The van der Waals surface area contributed by atoms with Crippen LogP contribution in [0.5, 0.6) is 0 Å². The normalized spacial score (nSPS) is 10.4. The minimum absolute atomic E-state index is 0.00769. The van der Waals surface area contributed by atoms with Crippen LogP contribution in [0, 0.1) is 0 Å². The molecule has 1 heterocycles. The van der Waals surface area contributed by atoms with Crippen LogP contribution in [0.25, 0.3) is 0 Å². The van der Waals surface area contributed by atoms with Gasteiger partial charge in [-0.3, -0.25) is 9.69 Å². The molecule has 0 saturated carbocycles. The van der Waals surface area contributed by atoms with Gasteiger partial charge >= 0.3 is 0 Å². The quantitative estimate of drug-likeness (QED) is 0.729. The zero-order valence-electron chi connectivity index (χ0n) is 9.07. The Morgan fingerprint density at radius 2 is 2.27 bits per heavy atom. The van der Waals surface area contributed by atoms with E-state index in [9.17, 15) is 4.79 Å². The second kappa shape index (κ2) is 5.62. The summed E-state index contributed by atoms with van der Waals surface area (Å²) in [5.41, 5.74) is 0.869. The lowest BCUT2D eigenvalue weighted by atomic mass is 10.4. The molecule has 1 aromatic rings. The number of aromatic nitrogens is 2. The number of rotatable bonds is 5. The Hall–Kier alpha value is -1.21. The van der Waals surface area contributed by atoms with E-state index in [1.165, 1.54) is 11.5 Å². The van der Waals surface area contributed by atoms with Crippen molar-refractivity contribution >= 4 is 22.4 Å². The van der Waals surface area contributed by atoms with E-state index >= 15 is 0 Å². The molecule has 15 heavy (non-hydrogen) atoms. The number of hydrogen-bond donors (Lipinski definition) is 2. The molecular formula is C8H15N5OS. The van der Waals surface area contributed by atoms with Gasteiger partial charge in [-0.1, -0.05) is 4.49 Å². The Balaban J connectivity index is 2.50. The first-order chi connectivity index (χ1) is 7.17. The summed E-state index contributed by atoms with van der Waals surface area (Å²) in [7, 11) is 5.32. The van der Waals surface area contributed by atoms with E-state index in [0.29, 0.717) is 13.1 Å². The number of hydrogen-bond acceptors (Lipinski definition) is 6. The zero-order valence-corrected chi connectivity index (χ0v) is 9.89. The van der Waals surface area contributed by atoms with Gasteiger partial charge in [-0.25, -0.2) is 0 Å². The third-order valence-electron chi connectivity index (χ3n) is 1.89. The van der Waals surface area contributed by atoms with Crippen LogP contribution in [0.2, 0.25) is 0 Å². The van der Waals surface area contributed by atoms with Crippen LogP contribution in [0.3, 0.4) is 0 Å². The number of nitrogens with one attached hydrogen (secondary N) is 2. The summed E-state index contributed by atoms with van der Waals surface area (Å²) in [5, 5.41) is 10.5. The van der Waals surface area contributed by atoms with Gasteiger partial charge < -0.3 is 10.6 Å². The Morgan fingerprint density at radius 1 is 1.53 bits per heavy atom. The average Bonchev–Trinajstić information content (AvgIpc) is 2.64. The molecule has 0 unspecified atom stereocenters. The van der Waals surface area contributed by atoms with E-state index in [4.69, 9.17) is 0 Å². The Bertz CT molecular complexity index is 327. The summed E-state index contributed by atoms with van der Waals surface area (Å²) in [6.07, 6.45) is 0. The lowest BCUT2D eigenvalue weighted by molar-refractivity contribution is -0.121. The number of carbonyl (C=O) groups excluding carboxylic acids is 1. The molecule has 1 rings (SSSR count). The number of nitrogens with zero attached hydrogens (tertiary/aromatic N) is 3. The van der Waals surface area contributed by atoms with Gasteiger partial charge in [-0.2, -0.15) is 0 Å². The molecule has 2 N–H and O–H groups in total. The van der Waals surface area contributed by atoms with Crippen molar-refractivity contribution in [1.29, 1.82) is 0 Å². The largest absolute Gasteiger partial charge is 0.377 e. The topological polar surface area (TPSA) is 70.2 Å². The van der Waals surface area contributed by atoms with E-state index in [-0.39, 0.29) is 5.91 Å². The predicted molar refractivity (Wildman–Crippen MR) is 59.9 cm³/mol. The Morgan fingerprint density at radius 3 is 2.87 bits per heavy atom. The van der Waals surface area contributed by atoms with Crippen LogP contribution in [0.4, 0.5) is 5.00 Å². The Labute approximate surface area is 92.8 Å². The summed E-state index contributed by atoms with van der Waals surface area (Å²) in [6, 6.07) is 0. The smallest absolute Gasteiger partial charge is 0.233 e. The highest BCUT2D eigenvalue weighted by Gasteiger charge is 2.11. The molecule has 1 aromatic heterocycles. The predicted octanol–water partition coefficient (Wildman–Crippen LogP) is -0.242. The molecule has 1 amide bonds. The molecule has 0 spiro atoms. The molecule has 84 valence electrons. The van der Waals surface area contributed by atoms with Crippen molar-refractivity contribution in [3.8, 4) is 0 Å². The lowest BCUT2D eigenvalue weighted by Crippen LogP contribution is -2.32. The van der Waals surface area contributed by atoms with Gasteiger partial charge in [0.1, 0.15) is 10.7 Å². The van der Waals surface area contributed by atoms with Crippen LogP contribution in [-0.4, -0.2) is 48.1 Å². The molecule has 0 saturated heterocycles. The fourth-order valence-electron chi connectivity index (χ4n) is 1.14. The minimum Gasteiger partial charge on any atom is -0.377 e. The van der Waals surface area contributed by atoms with Gasteiger partial charge in [0.05, 0.1) is 6.54 Å². The number of anilines is 1. The summed E-state index contributed by atoms with van der Waals surface area (Å²) < 4.78 is 3.85. The number of amides is 1. The van der Waals surface area contributed by atoms with E-state index < -0.39 is 0 Å². The molecule has 0 aromatic carbocycles. The van der Waals surface area contributed by atoms with Gasteiger partial charge in [0, 0.05) is 32.2 Å². The van der Waals surface area contributed by atoms with E-state index in [0.717, 1.165) is 10.7 Å². The van der Waals surface area contributed by atoms with Gasteiger partial charge in [-0.15, -0.1) is 5.10 Å². The molecule has 0 bridgehead atoms. The highest BCUT2D eigenvalue weighted by atomic mass is 32.1. The first kappa shape index (κ1) is 11.9. The maximum atomic E-state index is 11.1. The van der Waals surface area contributed by atoms with Crippen LogP contribution in [0.1, 0.15) is 5.69 Å². The molecule has 7 heteroatoms.